The van der Waals surface area contributed by atoms with Gasteiger partial charge >= 0.3 is 0 Å². The van der Waals surface area contributed by atoms with E-state index in [9.17, 15) is 4.79 Å². The van der Waals surface area contributed by atoms with Crippen LogP contribution in [0.4, 0.5) is 0 Å². The lowest BCUT2D eigenvalue weighted by atomic mass is 10.2. The van der Waals surface area contributed by atoms with Crippen LogP contribution in [0.2, 0.25) is 0 Å². The van der Waals surface area contributed by atoms with Crippen molar-refractivity contribution in [3.63, 3.8) is 0 Å². The molecule has 0 amide bonds. The monoisotopic (exact) mass is 246 g/mol. The van der Waals surface area contributed by atoms with Gasteiger partial charge in [0.1, 0.15) is 18.1 Å². The van der Waals surface area contributed by atoms with E-state index in [1.807, 2.05) is 12.3 Å². The molecule has 94 valence electrons. The smallest absolute Gasteiger partial charge is 0.153 e. The first-order chi connectivity index (χ1) is 8.83. The average Bonchev–Trinajstić information content (AvgIpc) is 2.92. The molecule has 0 N–H and O–H groups in total. The van der Waals surface area contributed by atoms with Gasteiger partial charge in [-0.05, 0) is 18.2 Å². The third kappa shape index (κ3) is 2.88. The van der Waals surface area contributed by atoms with Crippen molar-refractivity contribution >= 4 is 6.29 Å². The Hall–Kier alpha value is -2.30. The summed E-state index contributed by atoms with van der Waals surface area (Å²) in [4.78, 5) is 10.9. The van der Waals surface area contributed by atoms with Gasteiger partial charge in [0.05, 0.1) is 19.2 Å². The molecule has 0 unspecified atom stereocenters. The van der Waals surface area contributed by atoms with E-state index in [-0.39, 0.29) is 0 Å². The quantitative estimate of drug-likeness (QED) is 0.729. The molecule has 0 bridgehead atoms. The molecule has 1 aromatic carbocycles. The zero-order valence-electron chi connectivity index (χ0n) is 10.1. The first-order valence-electron chi connectivity index (χ1n) is 5.57. The summed E-state index contributed by atoms with van der Waals surface area (Å²) < 4.78 is 12.4. The number of rotatable bonds is 6. The number of methoxy groups -OCH3 is 1. The second-order valence-electron chi connectivity index (χ2n) is 3.64. The summed E-state index contributed by atoms with van der Waals surface area (Å²) >= 11 is 0. The first kappa shape index (κ1) is 12.2. The van der Waals surface area contributed by atoms with E-state index < -0.39 is 0 Å². The molecule has 1 heterocycles. The maximum atomic E-state index is 10.9. The summed E-state index contributed by atoms with van der Waals surface area (Å²) in [5, 5.41) is 4.07. The molecule has 0 saturated carbocycles. The lowest BCUT2D eigenvalue weighted by molar-refractivity contribution is 0.111. The van der Waals surface area contributed by atoms with Crippen molar-refractivity contribution in [2.45, 2.75) is 6.54 Å². The molecule has 0 spiro atoms. The number of hydrogen-bond acceptors (Lipinski definition) is 4. The van der Waals surface area contributed by atoms with Crippen molar-refractivity contribution in [2.75, 3.05) is 13.7 Å². The van der Waals surface area contributed by atoms with E-state index in [0.29, 0.717) is 30.2 Å². The number of aldehydes is 1. The minimum atomic E-state index is 0.440. The SMILES string of the molecule is COc1ccc(C=O)c(OCCn2cccn2)c1. The fraction of sp³-hybridized carbons (Fsp3) is 0.231. The lowest BCUT2D eigenvalue weighted by Gasteiger charge is -2.10. The number of aromatic nitrogens is 2. The predicted molar refractivity (Wildman–Crippen MR) is 66.1 cm³/mol. The van der Waals surface area contributed by atoms with Crippen LogP contribution < -0.4 is 9.47 Å². The minimum absolute atomic E-state index is 0.440. The molecule has 0 aliphatic carbocycles. The summed E-state index contributed by atoms with van der Waals surface area (Å²) in [7, 11) is 1.57. The number of carbonyl (C=O) groups is 1. The van der Waals surface area contributed by atoms with Gasteiger partial charge in [0.25, 0.3) is 0 Å². The maximum absolute atomic E-state index is 10.9. The van der Waals surface area contributed by atoms with E-state index in [1.165, 1.54) is 0 Å². The van der Waals surface area contributed by atoms with Crippen LogP contribution in [0.3, 0.4) is 0 Å². The summed E-state index contributed by atoms with van der Waals surface area (Å²) in [6.07, 6.45) is 4.33. The second-order valence-corrected chi connectivity index (χ2v) is 3.64. The van der Waals surface area contributed by atoms with Crippen LogP contribution in [-0.2, 0) is 6.54 Å². The molecule has 0 fully saturated rings. The molecule has 2 rings (SSSR count). The normalized spacial score (nSPS) is 10.1. The highest BCUT2D eigenvalue weighted by atomic mass is 16.5. The van der Waals surface area contributed by atoms with Gasteiger partial charge in [0, 0.05) is 18.5 Å². The van der Waals surface area contributed by atoms with E-state index in [1.54, 1.807) is 36.2 Å². The molecule has 5 nitrogen and oxygen atoms in total. The third-order valence-electron chi connectivity index (χ3n) is 2.48. The number of benzene rings is 1. The number of carbonyl (C=O) groups excluding carboxylic acids is 1. The molecule has 1 aromatic heterocycles. The minimum Gasteiger partial charge on any atom is -0.497 e. The summed E-state index contributed by atoms with van der Waals surface area (Å²) in [5.41, 5.74) is 0.510. The van der Waals surface area contributed by atoms with E-state index >= 15 is 0 Å². The number of ether oxygens (including phenoxy) is 2. The number of hydrogen-bond donors (Lipinski definition) is 0. The van der Waals surface area contributed by atoms with Crippen LogP contribution in [-0.4, -0.2) is 29.8 Å². The van der Waals surface area contributed by atoms with Gasteiger partial charge in [-0.15, -0.1) is 0 Å². The van der Waals surface area contributed by atoms with Crippen molar-refractivity contribution in [3.05, 3.63) is 42.2 Å². The zero-order valence-corrected chi connectivity index (χ0v) is 10.1. The zero-order chi connectivity index (χ0) is 12.8. The Balaban J connectivity index is 2.00. The van der Waals surface area contributed by atoms with Gasteiger partial charge in [0.15, 0.2) is 6.29 Å². The van der Waals surface area contributed by atoms with Crippen LogP contribution >= 0.6 is 0 Å². The Labute approximate surface area is 105 Å². The van der Waals surface area contributed by atoms with Crippen molar-refractivity contribution in [1.82, 2.24) is 9.78 Å². The Bertz CT molecular complexity index is 509. The molecule has 0 radical (unpaired) electrons. The summed E-state index contributed by atoms with van der Waals surface area (Å²) in [5.74, 6) is 1.19. The molecular formula is C13H14N2O3. The predicted octanol–water partition coefficient (Wildman–Crippen LogP) is 1.78. The van der Waals surface area contributed by atoms with Crippen molar-refractivity contribution in [3.8, 4) is 11.5 Å². The average molecular weight is 246 g/mol. The van der Waals surface area contributed by atoms with E-state index in [2.05, 4.69) is 5.10 Å². The fourth-order valence-corrected chi connectivity index (χ4v) is 1.55. The molecule has 0 atom stereocenters. The van der Waals surface area contributed by atoms with Crippen molar-refractivity contribution in [2.24, 2.45) is 0 Å². The standard InChI is InChI=1S/C13H14N2O3/c1-17-12-4-3-11(10-16)13(9-12)18-8-7-15-6-2-5-14-15/h2-6,9-10H,7-8H2,1H3. The van der Waals surface area contributed by atoms with Gasteiger partial charge in [-0.1, -0.05) is 0 Å². The molecule has 0 saturated heterocycles. The van der Waals surface area contributed by atoms with Crippen LogP contribution in [0, 0.1) is 0 Å². The van der Waals surface area contributed by atoms with Gasteiger partial charge in [0.2, 0.25) is 0 Å². The van der Waals surface area contributed by atoms with Gasteiger partial charge < -0.3 is 9.47 Å². The lowest BCUT2D eigenvalue weighted by Crippen LogP contribution is -2.09. The van der Waals surface area contributed by atoms with Crippen LogP contribution in [0.5, 0.6) is 11.5 Å². The fourth-order valence-electron chi connectivity index (χ4n) is 1.55. The molecular weight excluding hydrogens is 232 g/mol. The van der Waals surface area contributed by atoms with Crippen LogP contribution in [0.25, 0.3) is 0 Å². The highest BCUT2D eigenvalue weighted by Crippen LogP contribution is 2.23. The number of nitrogens with zero attached hydrogens (tertiary/aromatic N) is 2. The Kier molecular flexibility index (Phi) is 3.96. The highest BCUT2D eigenvalue weighted by molar-refractivity contribution is 5.79. The first-order valence-corrected chi connectivity index (χ1v) is 5.57. The molecule has 2 aromatic rings. The second kappa shape index (κ2) is 5.86. The third-order valence-corrected chi connectivity index (χ3v) is 2.48. The van der Waals surface area contributed by atoms with Crippen LogP contribution in [0.1, 0.15) is 10.4 Å². The van der Waals surface area contributed by atoms with Crippen LogP contribution in [0.15, 0.2) is 36.7 Å². The van der Waals surface area contributed by atoms with Gasteiger partial charge in [-0.2, -0.15) is 5.10 Å². The Morgan fingerprint density at radius 1 is 1.44 bits per heavy atom. The molecule has 0 aliphatic heterocycles. The van der Waals surface area contributed by atoms with E-state index in [0.717, 1.165) is 6.29 Å². The van der Waals surface area contributed by atoms with E-state index in [4.69, 9.17) is 9.47 Å². The van der Waals surface area contributed by atoms with Gasteiger partial charge in [-0.3, -0.25) is 9.48 Å². The topological polar surface area (TPSA) is 53.4 Å². The largest absolute Gasteiger partial charge is 0.497 e. The highest BCUT2D eigenvalue weighted by Gasteiger charge is 2.05. The summed E-state index contributed by atoms with van der Waals surface area (Å²) in [6.45, 7) is 1.07. The molecule has 5 heteroatoms. The van der Waals surface area contributed by atoms with Crippen molar-refractivity contribution in [1.29, 1.82) is 0 Å². The Morgan fingerprint density at radius 3 is 3.00 bits per heavy atom. The van der Waals surface area contributed by atoms with Crippen molar-refractivity contribution < 1.29 is 14.3 Å². The van der Waals surface area contributed by atoms with Gasteiger partial charge in [-0.25, -0.2) is 0 Å². The Morgan fingerprint density at radius 2 is 2.33 bits per heavy atom. The maximum Gasteiger partial charge on any atom is 0.153 e. The molecule has 0 aliphatic rings. The molecule has 18 heavy (non-hydrogen) atoms. The summed E-state index contributed by atoms with van der Waals surface area (Å²) in [6, 6.07) is 6.95.